The summed E-state index contributed by atoms with van der Waals surface area (Å²) in [7, 11) is 0. The molecular formula is C11H14N4O3. The predicted molar refractivity (Wildman–Crippen MR) is 64.1 cm³/mol. The van der Waals surface area contributed by atoms with Crippen LogP contribution in [0.3, 0.4) is 0 Å². The molecule has 0 heterocycles. The van der Waals surface area contributed by atoms with Crippen LogP contribution in [0.2, 0.25) is 0 Å². The maximum absolute atomic E-state index is 11.5. The second-order valence-corrected chi connectivity index (χ2v) is 3.35. The van der Waals surface area contributed by atoms with Gasteiger partial charge in [-0.1, -0.05) is 18.2 Å². The third-order valence-electron chi connectivity index (χ3n) is 1.97. The first-order valence-corrected chi connectivity index (χ1v) is 5.24. The van der Waals surface area contributed by atoms with E-state index in [0.717, 1.165) is 0 Å². The topological polar surface area (TPSA) is 113 Å². The summed E-state index contributed by atoms with van der Waals surface area (Å²) in [6.07, 6.45) is 0. The summed E-state index contributed by atoms with van der Waals surface area (Å²) in [5.74, 6) is -1.42. The summed E-state index contributed by atoms with van der Waals surface area (Å²) in [5, 5.41) is 2.41. The molecular weight excluding hydrogens is 236 g/mol. The molecule has 0 unspecified atom stereocenters. The van der Waals surface area contributed by atoms with Gasteiger partial charge in [-0.05, 0) is 12.1 Å². The summed E-state index contributed by atoms with van der Waals surface area (Å²) < 4.78 is 0. The third kappa shape index (κ3) is 4.62. The lowest BCUT2D eigenvalue weighted by molar-refractivity contribution is -0.127. The molecule has 0 aliphatic carbocycles. The number of rotatable bonds is 4. The molecule has 1 rings (SSSR count). The van der Waals surface area contributed by atoms with Crippen LogP contribution in [-0.4, -0.2) is 30.8 Å². The zero-order chi connectivity index (χ0) is 13.4. The van der Waals surface area contributed by atoms with Crippen molar-refractivity contribution < 1.29 is 14.4 Å². The number of hydrogen-bond donors (Lipinski definition) is 4. The third-order valence-corrected chi connectivity index (χ3v) is 1.97. The van der Waals surface area contributed by atoms with Gasteiger partial charge in [0.1, 0.15) is 0 Å². The van der Waals surface area contributed by atoms with Crippen LogP contribution in [0.1, 0.15) is 10.4 Å². The van der Waals surface area contributed by atoms with Crippen LogP contribution in [0, 0.1) is 0 Å². The number of amides is 3. The van der Waals surface area contributed by atoms with Crippen molar-refractivity contribution in [3.63, 3.8) is 0 Å². The zero-order valence-electron chi connectivity index (χ0n) is 9.60. The molecule has 0 aliphatic heterocycles. The van der Waals surface area contributed by atoms with Crippen molar-refractivity contribution in [3.05, 3.63) is 35.9 Å². The van der Waals surface area contributed by atoms with E-state index < -0.39 is 11.8 Å². The molecule has 1 aromatic carbocycles. The summed E-state index contributed by atoms with van der Waals surface area (Å²) in [5.41, 5.74) is 9.67. The first-order valence-electron chi connectivity index (χ1n) is 5.24. The minimum atomic E-state index is -0.541. The van der Waals surface area contributed by atoms with E-state index in [2.05, 4.69) is 16.2 Å². The number of benzene rings is 1. The van der Waals surface area contributed by atoms with Gasteiger partial charge in [-0.25, -0.2) is 0 Å². The van der Waals surface area contributed by atoms with Gasteiger partial charge >= 0.3 is 0 Å². The van der Waals surface area contributed by atoms with Gasteiger partial charge in [0.05, 0.1) is 13.1 Å². The van der Waals surface area contributed by atoms with E-state index in [-0.39, 0.29) is 19.0 Å². The van der Waals surface area contributed by atoms with Gasteiger partial charge in [-0.2, -0.15) is 0 Å². The van der Waals surface area contributed by atoms with Crippen LogP contribution >= 0.6 is 0 Å². The molecule has 0 fully saturated rings. The first kappa shape index (κ1) is 13.7. The van der Waals surface area contributed by atoms with E-state index in [0.29, 0.717) is 5.56 Å². The molecule has 7 nitrogen and oxygen atoms in total. The molecule has 0 aliphatic rings. The molecule has 7 heteroatoms. The second-order valence-electron chi connectivity index (χ2n) is 3.35. The Morgan fingerprint density at radius 2 is 1.61 bits per heavy atom. The summed E-state index contributed by atoms with van der Waals surface area (Å²) in [6, 6.07) is 8.48. The first-order chi connectivity index (χ1) is 8.63. The fourth-order valence-corrected chi connectivity index (χ4v) is 1.09. The highest BCUT2D eigenvalue weighted by atomic mass is 16.2. The molecule has 0 radical (unpaired) electrons. The number of hydrazine groups is 1. The smallest absolute Gasteiger partial charge is 0.257 e. The highest BCUT2D eigenvalue weighted by molar-refractivity contribution is 5.96. The maximum atomic E-state index is 11.5. The van der Waals surface area contributed by atoms with E-state index in [4.69, 9.17) is 5.73 Å². The normalized spacial score (nSPS) is 9.39. The van der Waals surface area contributed by atoms with Crippen LogP contribution in [0.4, 0.5) is 0 Å². The van der Waals surface area contributed by atoms with Crippen molar-refractivity contribution >= 4 is 17.7 Å². The van der Waals surface area contributed by atoms with E-state index in [1.807, 2.05) is 0 Å². The van der Waals surface area contributed by atoms with Gasteiger partial charge in [-0.15, -0.1) is 0 Å². The number of nitrogens with two attached hydrogens (primary N) is 1. The molecule has 0 saturated heterocycles. The minimum Gasteiger partial charge on any atom is -0.343 e. The molecule has 3 amide bonds. The van der Waals surface area contributed by atoms with Gasteiger partial charge in [0, 0.05) is 5.56 Å². The van der Waals surface area contributed by atoms with Gasteiger partial charge in [-0.3, -0.25) is 25.2 Å². The average Bonchev–Trinajstić information content (AvgIpc) is 2.42. The lowest BCUT2D eigenvalue weighted by Gasteiger charge is -2.07. The molecule has 1 aromatic rings. The average molecular weight is 250 g/mol. The highest BCUT2D eigenvalue weighted by Crippen LogP contribution is 1.96. The standard InChI is InChI=1S/C11H14N4O3/c12-6-9(16)14-15-10(17)7-13-11(18)8-4-2-1-3-5-8/h1-5H,6-7,12H2,(H,13,18)(H,14,16)(H,15,17). The summed E-state index contributed by atoms with van der Waals surface area (Å²) in [6.45, 7) is -0.463. The zero-order valence-corrected chi connectivity index (χ0v) is 9.60. The van der Waals surface area contributed by atoms with Gasteiger partial charge in [0.25, 0.3) is 17.7 Å². The number of carbonyl (C=O) groups is 3. The van der Waals surface area contributed by atoms with E-state index in [1.54, 1.807) is 30.3 Å². The van der Waals surface area contributed by atoms with E-state index in [1.165, 1.54) is 0 Å². The maximum Gasteiger partial charge on any atom is 0.257 e. The van der Waals surface area contributed by atoms with Gasteiger partial charge in [0.2, 0.25) is 0 Å². The Bertz CT molecular complexity index is 433. The molecule has 96 valence electrons. The molecule has 18 heavy (non-hydrogen) atoms. The lowest BCUT2D eigenvalue weighted by atomic mass is 10.2. The summed E-state index contributed by atoms with van der Waals surface area (Å²) >= 11 is 0. The van der Waals surface area contributed by atoms with E-state index in [9.17, 15) is 14.4 Å². The Labute approximate surface area is 104 Å². The highest BCUT2D eigenvalue weighted by Gasteiger charge is 2.07. The molecule has 0 aromatic heterocycles. The lowest BCUT2D eigenvalue weighted by Crippen LogP contribution is -2.48. The van der Waals surface area contributed by atoms with Crippen LogP contribution < -0.4 is 21.9 Å². The van der Waals surface area contributed by atoms with Gasteiger partial charge in [0.15, 0.2) is 0 Å². The van der Waals surface area contributed by atoms with E-state index >= 15 is 0 Å². The number of carbonyl (C=O) groups excluding carboxylic acids is 3. The van der Waals surface area contributed by atoms with Crippen LogP contribution in [-0.2, 0) is 9.59 Å². The second kappa shape index (κ2) is 7.02. The monoisotopic (exact) mass is 250 g/mol. The van der Waals surface area contributed by atoms with Crippen molar-refractivity contribution in [2.75, 3.05) is 13.1 Å². The Balaban J connectivity index is 2.31. The van der Waals surface area contributed by atoms with Crippen LogP contribution in [0.5, 0.6) is 0 Å². The van der Waals surface area contributed by atoms with Crippen molar-refractivity contribution in [1.29, 1.82) is 0 Å². The molecule has 5 N–H and O–H groups in total. The Morgan fingerprint density at radius 3 is 2.22 bits per heavy atom. The predicted octanol–water partition coefficient (Wildman–Crippen LogP) is -1.48. The van der Waals surface area contributed by atoms with Gasteiger partial charge < -0.3 is 11.1 Å². The fourth-order valence-electron chi connectivity index (χ4n) is 1.09. The molecule has 0 spiro atoms. The van der Waals surface area contributed by atoms with Crippen molar-refractivity contribution in [2.45, 2.75) is 0 Å². The van der Waals surface area contributed by atoms with Crippen molar-refractivity contribution in [1.82, 2.24) is 16.2 Å². The molecule has 0 saturated carbocycles. The molecule has 0 bridgehead atoms. The largest absolute Gasteiger partial charge is 0.343 e. The van der Waals surface area contributed by atoms with Crippen molar-refractivity contribution in [2.24, 2.45) is 5.73 Å². The van der Waals surface area contributed by atoms with Crippen LogP contribution in [0.25, 0.3) is 0 Å². The fraction of sp³-hybridized carbons (Fsp3) is 0.182. The SMILES string of the molecule is NCC(=O)NNC(=O)CNC(=O)c1ccccc1. The molecule has 0 atom stereocenters. The quantitative estimate of drug-likeness (QED) is 0.488. The Kier molecular flexibility index (Phi) is 5.33. The number of hydrogen-bond acceptors (Lipinski definition) is 4. The minimum absolute atomic E-state index is 0.226. The summed E-state index contributed by atoms with van der Waals surface area (Å²) in [4.78, 5) is 33.5. The Hall–Kier alpha value is -2.41. The number of nitrogens with one attached hydrogen (secondary N) is 3. The Morgan fingerprint density at radius 1 is 1.00 bits per heavy atom. The van der Waals surface area contributed by atoms with Crippen molar-refractivity contribution in [3.8, 4) is 0 Å². The van der Waals surface area contributed by atoms with Crippen LogP contribution in [0.15, 0.2) is 30.3 Å².